The van der Waals surface area contributed by atoms with Gasteiger partial charge >= 0.3 is 5.69 Å². The number of hydrogen-bond donors (Lipinski definition) is 1. The van der Waals surface area contributed by atoms with Gasteiger partial charge < -0.3 is 9.88 Å². The minimum atomic E-state index is -0.677. The highest BCUT2D eigenvalue weighted by molar-refractivity contribution is 5.95. The highest BCUT2D eigenvalue weighted by atomic mass is 16.2. The number of anilines is 1. The first-order valence-corrected chi connectivity index (χ1v) is 8.23. The molecule has 1 N–H and O–H groups in total. The van der Waals surface area contributed by atoms with Gasteiger partial charge in [0.05, 0.1) is 6.33 Å². The molecule has 0 spiro atoms. The number of hydrogen-bond acceptors (Lipinski definition) is 4. The van der Waals surface area contributed by atoms with E-state index in [1.54, 1.807) is 14.0 Å². The van der Waals surface area contributed by atoms with Crippen LogP contribution in [0.5, 0.6) is 0 Å². The lowest BCUT2D eigenvalue weighted by molar-refractivity contribution is -0.118. The van der Waals surface area contributed by atoms with Crippen molar-refractivity contribution in [1.29, 1.82) is 0 Å². The number of carbonyl (C=O) groups is 1. The predicted molar refractivity (Wildman–Crippen MR) is 99.5 cm³/mol. The molecule has 26 heavy (non-hydrogen) atoms. The third kappa shape index (κ3) is 2.63. The summed E-state index contributed by atoms with van der Waals surface area (Å²) in [6.07, 6.45) is 1.42. The first-order valence-electron chi connectivity index (χ1n) is 8.23. The molecule has 0 aliphatic carbocycles. The van der Waals surface area contributed by atoms with E-state index >= 15 is 0 Å². The van der Waals surface area contributed by atoms with Crippen molar-refractivity contribution in [2.45, 2.75) is 26.8 Å². The average molecular weight is 355 g/mol. The zero-order valence-electron chi connectivity index (χ0n) is 15.4. The molecule has 8 heteroatoms. The standard InChI is InChI=1S/C18H21N5O3/c1-10-7-6-8-11(2)13(10)20-16(24)12(3)23-9-19-15-14(23)17(25)22(5)18(26)21(15)4/h6-9,12H,1-5H3,(H,20,24). The number of fused-ring (bicyclic) bond motifs is 1. The van der Waals surface area contributed by atoms with E-state index in [9.17, 15) is 14.4 Å². The average Bonchev–Trinajstić information content (AvgIpc) is 3.05. The lowest BCUT2D eigenvalue weighted by Crippen LogP contribution is -2.38. The van der Waals surface area contributed by atoms with E-state index in [-0.39, 0.29) is 17.1 Å². The Morgan fingerprint density at radius 3 is 2.35 bits per heavy atom. The first-order chi connectivity index (χ1) is 12.2. The third-order valence-corrected chi connectivity index (χ3v) is 4.70. The molecule has 1 amide bonds. The van der Waals surface area contributed by atoms with Crippen LogP contribution >= 0.6 is 0 Å². The Kier molecular flexibility index (Phi) is 4.27. The molecule has 8 nitrogen and oxygen atoms in total. The second kappa shape index (κ2) is 6.29. The highest BCUT2D eigenvalue weighted by Gasteiger charge is 2.22. The maximum Gasteiger partial charge on any atom is 0.332 e. The second-order valence-corrected chi connectivity index (χ2v) is 6.46. The Morgan fingerprint density at radius 2 is 1.73 bits per heavy atom. The van der Waals surface area contributed by atoms with E-state index in [1.807, 2.05) is 32.0 Å². The molecule has 0 aliphatic heterocycles. The highest BCUT2D eigenvalue weighted by Crippen LogP contribution is 2.22. The van der Waals surface area contributed by atoms with E-state index in [2.05, 4.69) is 10.3 Å². The van der Waals surface area contributed by atoms with Crippen LogP contribution in [0.25, 0.3) is 11.2 Å². The third-order valence-electron chi connectivity index (χ3n) is 4.70. The van der Waals surface area contributed by atoms with Crippen LogP contribution in [-0.4, -0.2) is 24.6 Å². The van der Waals surface area contributed by atoms with E-state index in [4.69, 9.17) is 0 Å². The normalized spacial score (nSPS) is 12.3. The number of nitrogens with one attached hydrogen (secondary N) is 1. The molecular weight excluding hydrogens is 334 g/mol. The molecule has 136 valence electrons. The molecule has 3 aromatic rings. The Bertz CT molecular complexity index is 1120. The monoisotopic (exact) mass is 355 g/mol. The summed E-state index contributed by atoms with van der Waals surface area (Å²) in [5, 5.41) is 2.93. The fourth-order valence-corrected chi connectivity index (χ4v) is 3.02. The summed E-state index contributed by atoms with van der Waals surface area (Å²) >= 11 is 0. The van der Waals surface area contributed by atoms with Crippen molar-refractivity contribution in [2.75, 3.05) is 5.32 Å². The molecule has 0 radical (unpaired) electrons. The second-order valence-electron chi connectivity index (χ2n) is 6.46. The first kappa shape index (κ1) is 17.7. The van der Waals surface area contributed by atoms with Crippen molar-refractivity contribution >= 4 is 22.8 Å². The minimum absolute atomic E-state index is 0.221. The predicted octanol–water partition coefficient (Wildman–Crippen LogP) is 1.25. The van der Waals surface area contributed by atoms with Gasteiger partial charge in [0.25, 0.3) is 5.56 Å². The largest absolute Gasteiger partial charge is 0.332 e. The number of imidazole rings is 1. The molecule has 0 fully saturated rings. The van der Waals surface area contributed by atoms with Gasteiger partial charge in [-0.15, -0.1) is 0 Å². The summed E-state index contributed by atoms with van der Waals surface area (Å²) in [4.78, 5) is 41.5. The van der Waals surface area contributed by atoms with E-state index in [0.29, 0.717) is 0 Å². The minimum Gasteiger partial charge on any atom is -0.324 e. The van der Waals surface area contributed by atoms with Gasteiger partial charge in [0, 0.05) is 19.8 Å². The lowest BCUT2D eigenvalue weighted by atomic mass is 10.1. The molecule has 1 unspecified atom stereocenters. The van der Waals surface area contributed by atoms with Gasteiger partial charge in [0.15, 0.2) is 11.2 Å². The maximum absolute atomic E-state index is 12.8. The zero-order valence-corrected chi connectivity index (χ0v) is 15.4. The van der Waals surface area contributed by atoms with Crippen molar-refractivity contribution in [3.05, 3.63) is 56.5 Å². The van der Waals surface area contributed by atoms with Crippen LogP contribution in [0.4, 0.5) is 5.69 Å². The lowest BCUT2D eigenvalue weighted by Gasteiger charge is -2.17. The summed E-state index contributed by atoms with van der Waals surface area (Å²) in [7, 11) is 2.95. The number of amides is 1. The van der Waals surface area contributed by atoms with Crippen molar-refractivity contribution in [1.82, 2.24) is 18.7 Å². The van der Waals surface area contributed by atoms with Gasteiger partial charge in [-0.3, -0.25) is 18.7 Å². The Labute approximate surface area is 149 Å². The molecule has 1 atom stereocenters. The van der Waals surface area contributed by atoms with Crippen LogP contribution in [0.2, 0.25) is 0 Å². The van der Waals surface area contributed by atoms with E-state index in [1.165, 1.54) is 22.5 Å². The molecule has 0 bridgehead atoms. The SMILES string of the molecule is Cc1cccc(C)c1NC(=O)C(C)n1cnc2c1c(=O)n(C)c(=O)n2C. The molecule has 3 rings (SSSR count). The van der Waals surface area contributed by atoms with E-state index in [0.717, 1.165) is 21.4 Å². The number of nitrogens with zero attached hydrogens (tertiary/aromatic N) is 4. The fraction of sp³-hybridized carbons (Fsp3) is 0.333. The summed E-state index contributed by atoms with van der Waals surface area (Å²) < 4.78 is 3.81. The summed E-state index contributed by atoms with van der Waals surface area (Å²) in [6, 6.07) is 5.10. The molecule has 0 saturated carbocycles. The number of para-hydroxylation sites is 1. The molecule has 0 saturated heterocycles. The van der Waals surface area contributed by atoms with Crippen LogP contribution in [0.1, 0.15) is 24.1 Å². The van der Waals surface area contributed by atoms with Crippen LogP contribution in [0, 0.1) is 13.8 Å². The van der Waals surface area contributed by atoms with Gasteiger partial charge in [0.2, 0.25) is 5.91 Å². The number of aromatic nitrogens is 4. The van der Waals surface area contributed by atoms with Crippen LogP contribution in [-0.2, 0) is 18.9 Å². The van der Waals surface area contributed by atoms with Gasteiger partial charge in [-0.05, 0) is 31.9 Å². The van der Waals surface area contributed by atoms with Gasteiger partial charge in [-0.25, -0.2) is 9.78 Å². The van der Waals surface area contributed by atoms with Crippen molar-refractivity contribution in [3.63, 3.8) is 0 Å². The van der Waals surface area contributed by atoms with E-state index < -0.39 is 17.3 Å². The molecule has 2 aromatic heterocycles. The van der Waals surface area contributed by atoms with Crippen LogP contribution < -0.4 is 16.6 Å². The van der Waals surface area contributed by atoms with Crippen molar-refractivity contribution < 1.29 is 4.79 Å². The summed E-state index contributed by atoms with van der Waals surface area (Å²) in [5.41, 5.74) is 2.21. The number of aryl methyl sites for hydroxylation is 3. The number of carbonyl (C=O) groups excluding carboxylic acids is 1. The summed E-state index contributed by atoms with van der Waals surface area (Å²) in [5.74, 6) is -0.266. The van der Waals surface area contributed by atoms with Crippen LogP contribution in [0.15, 0.2) is 34.1 Å². The maximum atomic E-state index is 12.8. The molecule has 0 aliphatic rings. The topological polar surface area (TPSA) is 90.9 Å². The molecule has 2 heterocycles. The fourth-order valence-electron chi connectivity index (χ4n) is 3.02. The Morgan fingerprint density at radius 1 is 1.12 bits per heavy atom. The van der Waals surface area contributed by atoms with Crippen LogP contribution in [0.3, 0.4) is 0 Å². The van der Waals surface area contributed by atoms with Gasteiger partial charge in [-0.2, -0.15) is 0 Å². The van der Waals surface area contributed by atoms with Gasteiger partial charge in [0.1, 0.15) is 6.04 Å². The Hall–Kier alpha value is -3.16. The number of rotatable bonds is 3. The van der Waals surface area contributed by atoms with Crippen molar-refractivity contribution in [3.8, 4) is 0 Å². The number of benzene rings is 1. The molecular formula is C18H21N5O3. The quantitative estimate of drug-likeness (QED) is 0.765. The molecule has 1 aromatic carbocycles. The zero-order chi connectivity index (χ0) is 19.2. The van der Waals surface area contributed by atoms with Crippen molar-refractivity contribution in [2.24, 2.45) is 14.1 Å². The smallest absolute Gasteiger partial charge is 0.324 e. The van der Waals surface area contributed by atoms with Gasteiger partial charge in [-0.1, -0.05) is 18.2 Å². The Balaban J connectivity index is 2.06. The summed E-state index contributed by atoms with van der Waals surface area (Å²) in [6.45, 7) is 5.53.